The highest BCUT2D eigenvalue weighted by molar-refractivity contribution is 5.90. The molecule has 4 nitrogen and oxygen atoms in total. The van der Waals surface area contributed by atoms with Gasteiger partial charge in [-0.3, -0.25) is 4.98 Å². The monoisotopic (exact) mass is 204 g/mol. The van der Waals surface area contributed by atoms with Crippen LogP contribution in [0.2, 0.25) is 0 Å². The highest BCUT2D eigenvalue weighted by Crippen LogP contribution is 2.23. The molecule has 0 saturated carbocycles. The van der Waals surface area contributed by atoms with Crippen LogP contribution in [0.3, 0.4) is 0 Å². The maximum Gasteiger partial charge on any atom is 0.120 e. The number of ether oxygens (including phenoxy) is 1. The maximum absolute atomic E-state index is 8.63. The van der Waals surface area contributed by atoms with Crippen molar-refractivity contribution in [2.75, 3.05) is 18.9 Å². The third-order valence-corrected chi connectivity index (χ3v) is 2.11. The van der Waals surface area contributed by atoms with Gasteiger partial charge in [-0.2, -0.15) is 0 Å². The maximum atomic E-state index is 8.63. The van der Waals surface area contributed by atoms with Gasteiger partial charge in [0.05, 0.1) is 12.1 Å². The number of pyridine rings is 1. The van der Waals surface area contributed by atoms with E-state index in [0.717, 1.165) is 10.9 Å². The molecule has 0 unspecified atom stereocenters. The van der Waals surface area contributed by atoms with E-state index in [1.807, 2.05) is 18.2 Å². The first-order valence-electron chi connectivity index (χ1n) is 4.69. The van der Waals surface area contributed by atoms with Crippen LogP contribution in [0.25, 0.3) is 10.9 Å². The third kappa shape index (κ3) is 1.99. The first-order valence-corrected chi connectivity index (χ1v) is 4.69. The lowest BCUT2D eigenvalue weighted by Gasteiger charge is -2.06. The molecular weight excluding hydrogens is 192 g/mol. The molecular formula is C11H12N2O2. The number of nitrogens with two attached hydrogens (primary N) is 1. The third-order valence-electron chi connectivity index (χ3n) is 2.11. The Kier molecular flexibility index (Phi) is 2.69. The smallest absolute Gasteiger partial charge is 0.120 e. The Morgan fingerprint density at radius 3 is 3.00 bits per heavy atom. The SMILES string of the molecule is Nc1ccnc2ccc(OCCO)cc12. The van der Waals surface area contributed by atoms with Gasteiger partial charge in [0.2, 0.25) is 0 Å². The summed E-state index contributed by atoms with van der Waals surface area (Å²) in [4.78, 5) is 4.18. The summed E-state index contributed by atoms with van der Waals surface area (Å²) in [6.45, 7) is 0.284. The van der Waals surface area contributed by atoms with Crippen LogP contribution in [0.4, 0.5) is 5.69 Å². The summed E-state index contributed by atoms with van der Waals surface area (Å²) in [7, 11) is 0. The topological polar surface area (TPSA) is 68.4 Å². The van der Waals surface area contributed by atoms with Crippen LogP contribution < -0.4 is 10.5 Å². The van der Waals surface area contributed by atoms with Gasteiger partial charge in [0.15, 0.2) is 0 Å². The Bertz CT molecular complexity index is 471. The predicted molar refractivity (Wildman–Crippen MR) is 58.7 cm³/mol. The lowest BCUT2D eigenvalue weighted by molar-refractivity contribution is 0.201. The molecule has 2 aromatic rings. The zero-order valence-electron chi connectivity index (χ0n) is 8.18. The zero-order chi connectivity index (χ0) is 10.7. The number of fused-ring (bicyclic) bond motifs is 1. The molecule has 4 heteroatoms. The van der Waals surface area contributed by atoms with Crippen molar-refractivity contribution >= 4 is 16.6 Å². The molecule has 3 N–H and O–H groups in total. The van der Waals surface area contributed by atoms with Gasteiger partial charge in [-0.1, -0.05) is 0 Å². The minimum Gasteiger partial charge on any atom is -0.491 e. The molecule has 78 valence electrons. The molecule has 0 fully saturated rings. The number of aliphatic hydroxyl groups is 1. The fraction of sp³-hybridized carbons (Fsp3) is 0.182. The minimum absolute atomic E-state index is 0.000555. The molecule has 0 saturated heterocycles. The summed E-state index contributed by atoms with van der Waals surface area (Å²) in [5.41, 5.74) is 7.32. The number of aliphatic hydroxyl groups excluding tert-OH is 1. The Morgan fingerprint density at radius 1 is 1.33 bits per heavy atom. The number of hydrogen-bond acceptors (Lipinski definition) is 4. The molecule has 0 aliphatic carbocycles. The highest BCUT2D eigenvalue weighted by Gasteiger charge is 2.00. The molecule has 0 bridgehead atoms. The molecule has 2 rings (SSSR count). The second kappa shape index (κ2) is 4.14. The number of nitrogen functional groups attached to an aromatic ring is 1. The van der Waals surface area contributed by atoms with Crippen molar-refractivity contribution in [3.05, 3.63) is 30.5 Å². The van der Waals surface area contributed by atoms with Gasteiger partial charge in [-0.05, 0) is 24.3 Å². The van der Waals surface area contributed by atoms with E-state index < -0.39 is 0 Å². The van der Waals surface area contributed by atoms with Crippen molar-refractivity contribution in [3.63, 3.8) is 0 Å². The zero-order valence-corrected chi connectivity index (χ0v) is 8.18. The average Bonchev–Trinajstić information content (AvgIpc) is 2.27. The summed E-state index contributed by atoms with van der Waals surface area (Å²) in [6, 6.07) is 7.23. The van der Waals surface area contributed by atoms with Crippen LogP contribution in [-0.2, 0) is 0 Å². The normalized spacial score (nSPS) is 10.5. The van der Waals surface area contributed by atoms with Crippen LogP contribution in [0.5, 0.6) is 5.75 Å². The number of benzene rings is 1. The van der Waals surface area contributed by atoms with E-state index in [2.05, 4.69) is 4.98 Å². The minimum atomic E-state index is 0.000555. The van der Waals surface area contributed by atoms with Gasteiger partial charge in [-0.25, -0.2) is 0 Å². The second-order valence-corrected chi connectivity index (χ2v) is 3.15. The van der Waals surface area contributed by atoms with E-state index in [9.17, 15) is 0 Å². The molecule has 0 aliphatic heterocycles. The molecule has 1 aromatic carbocycles. The van der Waals surface area contributed by atoms with Crippen molar-refractivity contribution < 1.29 is 9.84 Å². The number of rotatable bonds is 3. The standard InChI is InChI=1S/C11H12N2O2/c12-10-3-4-13-11-2-1-8(7-9(10)11)15-6-5-14/h1-4,7,14H,5-6H2,(H2,12,13). The van der Waals surface area contributed by atoms with Crippen molar-refractivity contribution in [1.29, 1.82) is 0 Å². The molecule has 15 heavy (non-hydrogen) atoms. The molecule has 1 aromatic heterocycles. The van der Waals surface area contributed by atoms with Crippen LogP contribution in [0, 0.1) is 0 Å². The summed E-state index contributed by atoms with van der Waals surface area (Å²) < 4.78 is 5.28. The summed E-state index contributed by atoms with van der Waals surface area (Å²) in [6.07, 6.45) is 1.67. The number of hydrogen-bond donors (Lipinski definition) is 2. The summed E-state index contributed by atoms with van der Waals surface area (Å²) in [5, 5.41) is 9.50. The first-order chi connectivity index (χ1) is 7.31. The first kappa shape index (κ1) is 9.73. The lowest BCUT2D eigenvalue weighted by Crippen LogP contribution is -2.01. The van der Waals surface area contributed by atoms with Crippen LogP contribution in [0.1, 0.15) is 0 Å². The fourth-order valence-electron chi connectivity index (χ4n) is 1.40. The molecule has 0 radical (unpaired) electrons. The summed E-state index contributed by atoms with van der Waals surface area (Å²) in [5.74, 6) is 0.691. The van der Waals surface area contributed by atoms with E-state index in [1.54, 1.807) is 12.3 Å². The fourth-order valence-corrected chi connectivity index (χ4v) is 1.40. The lowest BCUT2D eigenvalue weighted by atomic mass is 10.2. The second-order valence-electron chi connectivity index (χ2n) is 3.15. The highest BCUT2D eigenvalue weighted by atomic mass is 16.5. The molecule has 0 atom stereocenters. The van der Waals surface area contributed by atoms with Gasteiger partial charge in [0.1, 0.15) is 12.4 Å². The Morgan fingerprint density at radius 2 is 2.20 bits per heavy atom. The van der Waals surface area contributed by atoms with Crippen molar-refractivity contribution in [2.24, 2.45) is 0 Å². The van der Waals surface area contributed by atoms with Gasteiger partial charge in [0.25, 0.3) is 0 Å². The molecule has 0 spiro atoms. The summed E-state index contributed by atoms with van der Waals surface area (Å²) >= 11 is 0. The van der Waals surface area contributed by atoms with E-state index >= 15 is 0 Å². The van der Waals surface area contributed by atoms with Crippen LogP contribution in [-0.4, -0.2) is 23.3 Å². The Labute approximate surface area is 87.3 Å². The van der Waals surface area contributed by atoms with Gasteiger partial charge >= 0.3 is 0 Å². The van der Waals surface area contributed by atoms with E-state index in [1.165, 1.54) is 0 Å². The Balaban J connectivity index is 2.41. The van der Waals surface area contributed by atoms with Crippen LogP contribution >= 0.6 is 0 Å². The van der Waals surface area contributed by atoms with Crippen LogP contribution in [0.15, 0.2) is 30.5 Å². The van der Waals surface area contributed by atoms with Crippen molar-refractivity contribution in [3.8, 4) is 5.75 Å². The molecule has 0 aliphatic rings. The largest absolute Gasteiger partial charge is 0.491 e. The average molecular weight is 204 g/mol. The predicted octanol–water partition coefficient (Wildman–Crippen LogP) is 1.19. The van der Waals surface area contributed by atoms with Gasteiger partial charge in [-0.15, -0.1) is 0 Å². The number of aromatic nitrogens is 1. The van der Waals surface area contributed by atoms with Crippen molar-refractivity contribution in [2.45, 2.75) is 0 Å². The number of anilines is 1. The van der Waals surface area contributed by atoms with Gasteiger partial charge < -0.3 is 15.6 Å². The van der Waals surface area contributed by atoms with Gasteiger partial charge in [0, 0.05) is 17.3 Å². The number of nitrogens with zero attached hydrogens (tertiary/aromatic N) is 1. The Hall–Kier alpha value is -1.81. The van der Waals surface area contributed by atoms with E-state index in [0.29, 0.717) is 11.4 Å². The van der Waals surface area contributed by atoms with Crippen molar-refractivity contribution in [1.82, 2.24) is 4.98 Å². The quantitative estimate of drug-likeness (QED) is 0.788. The molecule has 0 amide bonds. The van der Waals surface area contributed by atoms with E-state index in [-0.39, 0.29) is 13.2 Å². The van der Waals surface area contributed by atoms with E-state index in [4.69, 9.17) is 15.6 Å². The molecule has 1 heterocycles.